The van der Waals surface area contributed by atoms with E-state index in [4.69, 9.17) is 0 Å². The molecule has 176 valence electrons. The van der Waals surface area contributed by atoms with Crippen LogP contribution in [-0.2, 0) is 5.60 Å². The van der Waals surface area contributed by atoms with Crippen molar-refractivity contribution < 1.29 is 9.50 Å². The van der Waals surface area contributed by atoms with Gasteiger partial charge >= 0.3 is 0 Å². The lowest BCUT2D eigenvalue weighted by Crippen LogP contribution is -2.44. The first-order valence-electron chi connectivity index (χ1n) is 11.3. The summed E-state index contributed by atoms with van der Waals surface area (Å²) in [4.78, 5) is 13.7. The van der Waals surface area contributed by atoms with E-state index in [2.05, 4.69) is 49.4 Å². The number of nitrogens with zero attached hydrogens (tertiary/aromatic N) is 6. The van der Waals surface area contributed by atoms with E-state index in [1.807, 2.05) is 12.1 Å². The van der Waals surface area contributed by atoms with Gasteiger partial charge in [-0.15, -0.1) is 0 Å². The monoisotopic (exact) mass is 461 g/mol. The van der Waals surface area contributed by atoms with Crippen molar-refractivity contribution in [1.82, 2.24) is 24.6 Å². The van der Waals surface area contributed by atoms with Crippen LogP contribution in [0.4, 0.5) is 21.7 Å². The van der Waals surface area contributed by atoms with Crippen molar-refractivity contribution in [3.63, 3.8) is 0 Å². The van der Waals surface area contributed by atoms with Crippen LogP contribution >= 0.6 is 0 Å². The number of halogens is 1. The summed E-state index contributed by atoms with van der Waals surface area (Å²) in [7, 11) is 2.14. The van der Waals surface area contributed by atoms with Crippen molar-refractivity contribution in [1.29, 1.82) is 0 Å². The second kappa shape index (κ2) is 8.66. The van der Waals surface area contributed by atoms with Gasteiger partial charge in [-0.1, -0.05) is 6.07 Å². The number of fused-ring (bicyclic) bond motifs is 1. The number of nitrogens with one attached hydrogen (secondary N) is 1. The van der Waals surface area contributed by atoms with Gasteiger partial charge in [-0.25, -0.2) is 14.1 Å². The minimum atomic E-state index is -1.11. The quantitative estimate of drug-likeness (QED) is 0.469. The number of likely N-dealkylation sites (N-methyl/N-ethyl adjacent to an activating group) is 1. The number of hydrogen-bond acceptors (Lipinski definition) is 7. The Labute approximate surface area is 197 Å². The molecule has 0 radical (unpaired) electrons. The molecular weight excluding hydrogens is 433 g/mol. The predicted octanol–water partition coefficient (Wildman–Crippen LogP) is 3.68. The van der Waals surface area contributed by atoms with Crippen LogP contribution in [0.15, 0.2) is 54.9 Å². The maximum Gasteiger partial charge on any atom is 0.229 e. The fraction of sp³-hybridized carbons (Fsp3) is 0.320. The normalized spacial score (nSPS) is 15.1. The summed E-state index contributed by atoms with van der Waals surface area (Å²) >= 11 is 0. The third kappa shape index (κ3) is 4.44. The topological polar surface area (TPSA) is 82.3 Å². The molecule has 34 heavy (non-hydrogen) atoms. The molecule has 1 fully saturated rings. The van der Waals surface area contributed by atoms with E-state index >= 15 is 0 Å². The Balaban J connectivity index is 1.41. The van der Waals surface area contributed by atoms with Gasteiger partial charge in [-0.05, 0) is 62.9 Å². The molecule has 0 spiro atoms. The summed E-state index contributed by atoms with van der Waals surface area (Å²) in [6.07, 6.45) is 3.25. The molecule has 1 saturated heterocycles. The minimum absolute atomic E-state index is 0.218. The molecule has 0 atom stereocenters. The van der Waals surface area contributed by atoms with Gasteiger partial charge in [0.2, 0.25) is 5.95 Å². The molecule has 0 unspecified atom stereocenters. The van der Waals surface area contributed by atoms with Crippen molar-refractivity contribution in [2.24, 2.45) is 0 Å². The van der Waals surface area contributed by atoms with Gasteiger partial charge in [0.1, 0.15) is 11.5 Å². The number of benzene rings is 2. The highest BCUT2D eigenvalue weighted by atomic mass is 19.1. The van der Waals surface area contributed by atoms with Gasteiger partial charge in [0, 0.05) is 43.8 Å². The van der Waals surface area contributed by atoms with Crippen molar-refractivity contribution >= 4 is 28.4 Å². The molecule has 1 aliphatic rings. The van der Waals surface area contributed by atoms with E-state index < -0.39 is 11.4 Å². The largest absolute Gasteiger partial charge is 0.386 e. The van der Waals surface area contributed by atoms with Crippen LogP contribution in [0.3, 0.4) is 0 Å². The fourth-order valence-corrected chi connectivity index (χ4v) is 4.06. The Kier molecular flexibility index (Phi) is 5.66. The highest BCUT2D eigenvalue weighted by Gasteiger charge is 2.20. The van der Waals surface area contributed by atoms with E-state index in [0.29, 0.717) is 22.5 Å². The van der Waals surface area contributed by atoms with Crippen LogP contribution in [0.1, 0.15) is 19.4 Å². The first-order chi connectivity index (χ1) is 16.3. The van der Waals surface area contributed by atoms with Gasteiger partial charge in [0.05, 0.1) is 17.2 Å². The molecule has 3 heterocycles. The van der Waals surface area contributed by atoms with Gasteiger partial charge in [0.15, 0.2) is 5.65 Å². The summed E-state index contributed by atoms with van der Waals surface area (Å²) in [5.41, 5.74) is 2.21. The highest BCUT2D eigenvalue weighted by molar-refractivity contribution is 5.77. The Morgan fingerprint density at radius 3 is 2.44 bits per heavy atom. The molecule has 2 aromatic heterocycles. The Morgan fingerprint density at radius 1 is 1.00 bits per heavy atom. The first kappa shape index (κ1) is 22.2. The molecule has 0 saturated carbocycles. The standard InChI is InChI=1S/C25H28FN7O/c1-25(2,34)18-4-9-21(26)22(14-18)33-23-17(16-28-33)15-27-24(30-23)29-19-5-7-20(8-6-19)32-12-10-31(3)11-13-32/h4-9,14-16,34H,10-13H2,1-3H3,(H,27,29,30). The summed E-state index contributed by atoms with van der Waals surface area (Å²) < 4.78 is 16.1. The zero-order chi connectivity index (χ0) is 23.9. The second-order valence-electron chi connectivity index (χ2n) is 9.22. The highest BCUT2D eigenvalue weighted by Crippen LogP contribution is 2.27. The fourth-order valence-electron chi connectivity index (χ4n) is 4.06. The average molecular weight is 462 g/mol. The zero-order valence-electron chi connectivity index (χ0n) is 19.5. The third-order valence-corrected chi connectivity index (χ3v) is 6.18. The molecular formula is C25H28FN7O. The van der Waals surface area contributed by atoms with Gasteiger partial charge in [-0.3, -0.25) is 0 Å². The molecule has 2 aromatic carbocycles. The van der Waals surface area contributed by atoms with E-state index in [9.17, 15) is 9.50 Å². The first-order valence-corrected chi connectivity index (χ1v) is 11.3. The predicted molar refractivity (Wildman–Crippen MR) is 131 cm³/mol. The zero-order valence-corrected chi connectivity index (χ0v) is 19.5. The van der Waals surface area contributed by atoms with Crippen molar-refractivity contribution in [3.8, 4) is 5.69 Å². The summed E-state index contributed by atoms with van der Waals surface area (Å²) in [5.74, 6) is -0.0636. The molecule has 1 aliphatic heterocycles. The lowest BCUT2D eigenvalue weighted by Gasteiger charge is -2.34. The lowest BCUT2D eigenvalue weighted by atomic mass is 9.98. The number of hydrogen-bond donors (Lipinski definition) is 2. The van der Waals surface area contributed by atoms with Crippen LogP contribution in [0.5, 0.6) is 0 Å². The van der Waals surface area contributed by atoms with Crippen molar-refractivity contribution in [2.75, 3.05) is 43.4 Å². The van der Waals surface area contributed by atoms with Crippen LogP contribution in [0.2, 0.25) is 0 Å². The number of aliphatic hydroxyl groups is 1. The molecule has 2 N–H and O–H groups in total. The summed E-state index contributed by atoms with van der Waals surface area (Å²) in [5, 5.41) is 18.6. The maximum atomic E-state index is 14.7. The molecule has 4 aromatic rings. The SMILES string of the molecule is CN1CCN(c2ccc(Nc3ncc4cnn(-c5cc(C(C)(C)O)ccc5F)c4n3)cc2)CC1. The van der Waals surface area contributed by atoms with Crippen molar-refractivity contribution in [2.45, 2.75) is 19.4 Å². The second-order valence-corrected chi connectivity index (χ2v) is 9.22. The Bertz CT molecular complexity index is 1310. The summed E-state index contributed by atoms with van der Waals surface area (Å²) in [6, 6.07) is 12.7. The minimum Gasteiger partial charge on any atom is -0.386 e. The van der Waals surface area contributed by atoms with Crippen LogP contribution < -0.4 is 10.2 Å². The van der Waals surface area contributed by atoms with Crippen LogP contribution in [-0.4, -0.2) is 63.0 Å². The molecule has 8 nitrogen and oxygen atoms in total. The van der Waals surface area contributed by atoms with E-state index in [1.54, 1.807) is 38.4 Å². The molecule has 0 bridgehead atoms. The maximum absolute atomic E-state index is 14.7. The number of piperazine rings is 1. The van der Waals surface area contributed by atoms with Crippen LogP contribution in [0, 0.1) is 5.82 Å². The summed E-state index contributed by atoms with van der Waals surface area (Å²) in [6.45, 7) is 7.45. The Hall–Kier alpha value is -3.56. The van der Waals surface area contributed by atoms with Gasteiger partial charge < -0.3 is 20.2 Å². The number of anilines is 3. The molecule has 0 aliphatic carbocycles. The molecule has 0 amide bonds. The van der Waals surface area contributed by atoms with Crippen LogP contribution in [0.25, 0.3) is 16.7 Å². The van der Waals surface area contributed by atoms with E-state index in [-0.39, 0.29) is 5.69 Å². The number of rotatable bonds is 5. The van der Waals surface area contributed by atoms with Gasteiger partial charge in [0.25, 0.3) is 0 Å². The third-order valence-electron chi connectivity index (χ3n) is 6.18. The smallest absolute Gasteiger partial charge is 0.229 e. The average Bonchev–Trinajstić information content (AvgIpc) is 3.23. The molecule has 9 heteroatoms. The Morgan fingerprint density at radius 2 is 1.74 bits per heavy atom. The van der Waals surface area contributed by atoms with Gasteiger partial charge in [-0.2, -0.15) is 10.1 Å². The van der Waals surface area contributed by atoms with Crippen molar-refractivity contribution in [3.05, 3.63) is 66.2 Å². The lowest BCUT2D eigenvalue weighted by molar-refractivity contribution is 0.0785. The number of aromatic nitrogens is 4. The van der Waals surface area contributed by atoms with E-state index in [1.165, 1.54) is 16.4 Å². The molecule has 5 rings (SSSR count). The van der Waals surface area contributed by atoms with E-state index in [0.717, 1.165) is 31.9 Å².